The van der Waals surface area contributed by atoms with E-state index < -0.39 is 0 Å². The number of aliphatic hydroxyl groups is 1. The van der Waals surface area contributed by atoms with Crippen molar-refractivity contribution in [3.8, 4) is 33.8 Å². The van der Waals surface area contributed by atoms with Gasteiger partial charge >= 0.3 is 0 Å². The molecule has 0 spiro atoms. The SMILES string of the molecule is CN(C)CC1CN(c2ccc(Nc3ccc(-c4cnc5cc(F)ccn45)c4c3C(=O)NC4)nc2)CCO1.O=C1NCc2c(-c3cccn4ccnc34)ncc(Nc3ccc(N4CCC(O)CC4)cn3)c21.O=C1NCc2c(-c3cnc4cc(F)ccn34)ccc(Nc3ccn(C4CCOCC4)n3)c21. The number of carbonyl (C=O) groups is 3. The van der Waals surface area contributed by atoms with Crippen LogP contribution in [0.5, 0.6) is 0 Å². The van der Waals surface area contributed by atoms with Gasteiger partial charge in [-0.25, -0.2) is 33.7 Å². The molecule has 0 radical (unpaired) electrons. The number of rotatable bonds is 14. The number of likely N-dealkylation sites (N-methyl/N-ethyl adjacent to an activating group) is 1. The lowest BCUT2D eigenvalue weighted by molar-refractivity contribution is 0.0247. The highest BCUT2D eigenvalue weighted by Gasteiger charge is 2.32. The summed E-state index contributed by atoms with van der Waals surface area (Å²) in [7, 11) is 4.10. The molecule has 3 saturated heterocycles. The fraction of sp³-hybridized carbons (Fsp3) is 0.270. The molecule has 28 heteroatoms. The van der Waals surface area contributed by atoms with Crippen LogP contribution in [0.1, 0.15) is 79.5 Å². The topological polar surface area (TPSA) is 280 Å². The van der Waals surface area contributed by atoms with Crippen molar-refractivity contribution >= 4 is 80.6 Å². The molecule has 26 nitrogen and oxygen atoms in total. The number of nitrogens with zero attached hydrogens (tertiary/aromatic N) is 14. The molecular weight excluding hydrogens is 1300 g/mol. The minimum absolute atomic E-state index is 0.130. The number of fused-ring (bicyclic) bond motifs is 6. The van der Waals surface area contributed by atoms with Crippen LogP contribution in [0, 0.1) is 11.6 Å². The number of nitrogens with one attached hydrogen (secondary N) is 6. The summed E-state index contributed by atoms with van der Waals surface area (Å²) in [6, 6.07) is 27.3. The second-order valence-electron chi connectivity index (χ2n) is 26.1. The number of aliphatic hydroxyl groups excluding tert-OH is 1. The average Bonchev–Trinajstić information content (AvgIpc) is 1.61. The highest BCUT2D eigenvalue weighted by atomic mass is 19.1. The van der Waals surface area contributed by atoms with Gasteiger partial charge in [0.25, 0.3) is 17.7 Å². The number of imidazole rings is 3. The molecule has 2 aromatic carbocycles. The number of aromatic nitrogens is 11. The quantitative estimate of drug-likeness (QED) is 0.0533. The van der Waals surface area contributed by atoms with Crippen LogP contribution in [0.4, 0.5) is 54.7 Å². The fourth-order valence-corrected chi connectivity index (χ4v) is 14.3. The third-order valence-corrected chi connectivity index (χ3v) is 19.3. The number of carbonyl (C=O) groups excluding carboxylic acids is 3. The number of amides is 3. The van der Waals surface area contributed by atoms with Crippen LogP contribution < -0.4 is 41.7 Å². The summed E-state index contributed by atoms with van der Waals surface area (Å²) in [6.45, 7) is 7.58. The van der Waals surface area contributed by atoms with E-state index in [2.05, 4.69) is 76.6 Å². The first-order chi connectivity index (χ1) is 49.8. The largest absolute Gasteiger partial charge is 0.393 e. The number of piperidine rings is 1. The highest BCUT2D eigenvalue weighted by molar-refractivity contribution is 6.08. The van der Waals surface area contributed by atoms with Gasteiger partial charge in [-0.15, -0.1) is 0 Å². The number of ether oxygens (including phenoxy) is 2. The highest BCUT2D eigenvalue weighted by Crippen LogP contribution is 2.40. The third-order valence-electron chi connectivity index (χ3n) is 19.3. The van der Waals surface area contributed by atoms with E-state index in [9.17, 15) is 28.3 Å². The molecular formula is C74H72F2N20O6. The lowest BCUT2D eigenvalue weighted by Gasteiger charge is -2.35. The van der Waals surface area contributed by atoms with Gasteiger partial charge in [0.1, 0.15) is 40.2 Å². The molecule has 518 valence electrons. The molecule has 6 aliphatic rings. The molecule has 102 heavy (non-hydrogen) atoms. The summed E-state index contributed by atoms with van der Waals surface area (Å²) < 4.78 is 46.1. The van der Waals surface area contributed by atoms with E-state index in [-0.39, 0.29) is 41.6 Å². The van der Waals surface area contributed by atoms with E-state index in [0.29, 0.717) is 94.8 Å². The van der Waals surface area contributed by atoms with E-state index in [0.717, 1.165) is 139 Å². The molecule has 0 saturated carbocycles. The third kappa shape index (κ3) is 13.0. The fourth-order valence-electron chi connectivity index (χ4n) is 14.3. The molecule has 0 bridgehead atoms. The van der Waals surface area contributed by atoms with Gasteiger partial charge < -0.3 is 65.6 Å². The Morgan fingerprint density at radius 1 is 0.559 bits per heavy atom. The van der Waals surface area contributed by atoms with Gasteiger partial charge in [0.2, 0.25) is 0 Å². The van der Waals surface area contributed by atoms with Crippen LogP contribution in [-0.2, 0) is 29.1 Å². The van der Waals surface area contributed by atoms with Crippen molar-refractivity contribution in [2.45, 2.75) is 63.6 Å². The minimum atomic E-state index is -0.341. The lowest BCUT2D eigenvalue weighted by atomic mass is 9.99. The van der Waals surface area contributed by atoms with Crippen molar-refractivity contribution in [2.75, 3.05) is 92.4 Å². The van der Waals surface area contributed by atoms with Crippen molar-refractivity contribution in [3.63, 3.8) is 0 Å². The molecule has 3 amide bonds. The molecule has 1 atom stereocenters. The smallest absolute Gasteiger partial charge is 0.254 e. The summed E-state index contributed by atoms with van der Waals surface area (Å²) in [4.78, 5) is 71.8. The van der Waals surface area contributed by atoms with Crippen LogP contribution in [0.15, 0.2) is 159 Å². The molecule has 0 aliphatic carbocycles. The zero-order valence-electron chi connectivity index (χ0n) is 55.9. The standard InChI is InChI=1S/C27H28FN7O2.C24H23N7O2.C23H21FN6O2/c1-33(2)15-19-16-34(9-10-37-19)18-3-6-24(29-12-18)32-22-5-4-20(21-13-31-27(36)26(21)22)23-14-30-25-11-17(28)7-8-35(23)25;32-16-5-9-30(10-6-16)15-3-4-20(26-12-15)29-19-14-27-22(18-13-28-24(33)21(18)19)17-2-1-8-31-11-7-25-23(17)31;24-14-3-7-29-19(13-25-21(29)11-14)16-1-2-18(22-17(16)12-26-23(22)31)27-20-4-8-30(28-20)15-5-9-32-10-6-15/h3-8,11-12,14,19H,9-10,13,15-16H2,1-2H3,(H,29,32)(H,31,36);1-4,7-8,11-12,14,16,32H,5-6,9-10,13H2,(H,26,29)(H,28,33);1-4,7-8,11,13,15H,5-6,9-10,12H2,(H,26,31)(H,27,28). The Morgan fingerprint density at radius 2 is 1.15 bits per heavy atom. The number of morpholine rings is 1. The van der Waals surface area contributed by atoms with Gasteiger partial charge in [0.05, 0.1) is 118 Å². The predicted molar refractivity (Wildman–Crippen MR) is 381 cm³/mol. The Kier molecular flexibility index (Phi) is 17.7. The first-order valence-corrected chi connectivity index (χ1v) is 34.0. The Labute approximate surface area is 583 Å². The zero-order chi connectivity index (χ0) is 69.5. The van der Waals surface area contributed by atoms with Crippen molar-refractivity contribution in [1.82, 2.24) is 73.7 Å². The maximum absolute atomic E-state index is 13.6. The van der Waals surface area contributed by atoms with Crippen LogP contribution in [0.3, 0.4) is 0 Å². The minimum Gasteiger partial charge on any atom is -0.393 e. The predicted octanol–water partition coefficient (Wildman–Crippen LogP) is 9.70. The van der Waals surface area contributed by atoms with Crippen molar-refractivity contribution in [3.05, 3.63) is 204 Å². The van der Waals surface area contributed by atoms with Crippen LogP contribution in [-0.4, -0.2) is 159 Å². The second-order valence-corrected chi connectivity index (χ2v) is 26.1. The van der Waals surface area contributed by atoms with Gasteiger partial charge in [-0.3, -0.25) is 32.9 Å². The van der Waals surface area contributed by atoms with Crippen LogP contribution in [0.25, 0.3) is 50.7 Å². The molecule has 1 unspecified atom stereocenters. The van der Waals surface area contributed by atoms with Gasteiger partial charge in [-0.05, 0) is 112 Å². The summed E-state index contributed by atoms with van der Waals surface area (Å²) in [5, 5.41) is 33.1. The van der Waals surface area contributed by atoms with Crippen LogP contribution in [0.2, 0.25) is 0 Å². The van der Waals surface area contributed by atoms with Crippen molar-refractivity contribution in [1.29, 1.82) is 0 Å². The van der Waals surface area contributed by atoms with Crippen LogP contribution >= 0.6 is 0 Å². The maximum atomic E-state index is 13.6. The number of benzene rings is 2. The molecule has 12 aromatic rings. The molecule has 7 N–H and O–H groups in total. The number of hydrogen-bond acceptors (Lipinski definition) is 19. The normalized spacial score (nSPS) is 16.6. The maximum Gasteiger partial charge on any atom is 0.254 e. The van der Waals surface area contributed by atoms with E-state index in [1.54, 1.807) is 37.2 Å². The van der Waals surface area contributed by atoms with Gasteiger partial charge in [0, 0.05) is 143 Å². The van der Waals surface area contributed by atoms with Gasteiger partial charge in [-0.2, -0.15) is 5.10 Å². The second kappa shape index (κ2) is 27.8. The molecule has 10 aromatic heterocycles. The van der Waals surface area contributed by atoms with E-state index >= 15 is 0 Å². The Morgan fingerprint density at radius 3 is 1.75 bits per heavy atom. The number of pyridine rings is 6. The van der Waals surface area contributed by atoms with E-state index in [1.807, 2.05) is 130 Å². The Hall–Kier alpha value is -11.7. The summed E-state index contributed by atoms with van der Waals surface area (Å²) in [5.41, 5.74) is 15.3. The summed E-state index contributed by atoms with van der Waals surface area (Å²) in [5.74, 6) is 0.906. The first kappa shape index (κ1) is 64.9. The zero-order valence-corrected chi connectivity index (χ0v) is 55.9. The monoisotopic (exact) mass is 1370 g/mol. The van der Waals surface area contributed by atoms with Gasteiger partial charge in [-0.1, -0.05) is 12.1 Å². The summed E-state index contributed by atoms with van der Waals surface area (Å²) >= 11 is 0. The first-order valence-electron chi connectivity index (χ1n) is 34.0. The molecule has 6 aliphatic heterocycles. The molecule has 18 rings (SSSR count). The Bertz CT molecular complexity index is 5160. The lowest BCUT2D eigenvalue weighted by Crippen LogP contribution is -2.46. The molecule has 3 fully saturated rings. The number of halogens is 2. The average molecular weight is 1380 g/mol. The van der Waals surface area contributed by atoms with Crippen molar-refractivity contribution in [2.24, 2.45) is 0 Å². The number of anilines is 8. The summed E-state index contributed by atoms with van der Waals surface area (Å²) in [6.07, 6.45) is 23.0. The van der Waals surface area contributed by atoms with E-state index in [1.165, 1.54) is 24.3 Å². The Balaban J connectivity index is 0.000000119. The van der Waals surface area contributed by atoms with E-state index in [4.69, 9.17) is 14.5 Å². The molecule has 16 heterocycles. The van der Waals surface area contributed by atoms with Crippen molar-refractivity contribution < 1.29 is 37.7 Å². The van der Waals surface area contributed by atoms with Gasteiger partial charge in [0.15, 0.2) is 5.82 Å². The number of hydrogen-bond donors (Lipinski definition) is 7.